The zero-order valence-electron chi connectivity index (χ0n) is 11.7. The lowest BCUT2D eigenvalue weighted by Gasteiger charge is -2.08. The SMILES string of the molecule is Cc1ccc(CC(=O)Nc2cccc(CCl)c2)cc1C. The number of benzene rings is 2. The maximum atomic E-state index is 12.0. The molecular formula is C17H18ClNO. The van der Waals surface area contributed by atoms with E-state index in [4.69, 9.17) is 11.6 Å². The second-order valence-corrected chi connectivity index (χ2v) is 5.24. The van der Waals surface area contributed by atoms with Crippen molar-refractivity contribution in [2.24, 2.45) is 0 Å². The second kappa shape index (κ2) is 6.58. The molecule has 0 bridgehead atoms. The highest BCUT2D eigenvalue weighted by Crippen LogP contribution is 2.14. The van der Waals surface area contributed by atoms with Gasteiger partial charge in [0.1, 0.15) is 0 Å². The standard InChI is InChI=1S/C17H18ClNO/c1-12-6-7-14(8-13(12)2)10-17(20)19-16-5-3-4-15(9-16)11-18/h3-9H,10-11H2,1-2H3,(H,19,20). The third kappa shape index (κ3) is 3.84. The van der Waals surface area contributed by atoms with Crippen molar-refractivity contribution < 1.29 is 4.79 Å². The normalized spacial score (nSPS) is 10.3. The van der Waals surface area contributed by atoms with Crippen LogP contribution in [0.25, 0.3) is 0 Å². The highest BCUT2D eigenvalue weighted by atomic mass is 35.5. The lowest BCUT2D eigenvalue weighted by atomic mass is 10.0. The Hall–Kier alpha value is -1.80. The van der Waals surface area contributed by atoms with E-state index in [0.29, 0.717) is 12.3 Å². The molecule has 104 valence electrons. The van der Waals surface area contributed by atoms with Gasteiger partial charge in [-0.05, 0) is 48.2 Å². The lowest BCUT2D eigenvalue weighted by molar-refractivity contribution is -0.115. The van der Waals surface area contributed by atoms with Gasteiger partial charge in [0, 0.05) is 11.6 Å². The molecule has 2 aromatic rings. The van der Waals surface area contributed by atoms with Gasteiger partial charge in [-0.1, -0.05) is 30.3 Å². The average Bonchev–Trinajstić information content (AvgIpc) is 2.43. The lowest BCUT2D eigenvalue weighted by Crippen LogP contribution is -2.14. The molecule has 0 unspecified atom stereocenters. The molecule has 0 radical (unpaired) electrons. The van der Waals surface area contributed by atoms with E-state index in [0.717, 1.165) is 16.8 Å². The van der Waals surface area contributed by atoms with Crippen LogP contribution in [0.15, 0.2) is 42.5 Å². The van der Waals surface area contributed by atoms with E-state index < -0.39 is 0 Å². The van der Waals surface area contributed by atoms with Crippen molar-refractivity contribution in [3.8, 4) is 0 Å². The number of hydrogen-bond donors (Lipinski definition) is 1. The molecule has 0 atom stereocenters. The number of carbonyl (C=O) groups is 1. The minimum atomic E-state index is -0.0139. The van der Waals surface area contributed by atoms with E-state index in [1.54, 1.807) is 0 Å². The monoisotopic (exact) mass is 287 g/mol. The van der Waals surface area contributed by atoms with Crippen LogP contribution in [0.2, 0.25) is 0 Å². The van der Waals surface area contributed by atoms with Gasteiger partial charge in [-0.25, -0.2) is 0 Å². The summed E-state index contributed by atoms with van der Waals surface area (Å²) in [7, 11) is 0. The van der Waals surface area contributed by atoms with Crippen LogP contribution in [0, 0.1) is 13.8 Å². The second-order valence-electron chi connectivity index (χ2n) is 4.98. The topological polar surface area (TPSA) is 29.1 Å². The Morgan fingerprint density at radius 2 is 1.85 bits per heavy atom. The molecule has 0 fully saturated rings. The van der Waals surface area contributed by atoms with Gasteiger partial charge >= 0.3 is 0 Å². The van der Waals surface area contributed by atoms with Gasteiger partial charge in [-0.2, -0.15) is 0 Å². The number of aryl methyl sites for hydroxylation is 2. The zero-order chi connectivity index (χ0) is 14.5. The summed E-state index contributed by atoms with van der Waals surface area (Å²) in [6, 6.07) is 13.7. The van der Waals surface area contributed by atoms with Crippen molar-refractivity contribution in [2.75, 3.05) is 5.32 Å². The molecule has 1 N–H and O–H groups in total. The van der Waals surface area contributed by atoms with Crippen LogP contribution in [0.1, 0.15) is 22.3 Å². The quantitative estimate of drug-likeness (QED) is 0.838. The first-order valence-electron chi connectivity index (χ1n) is 6.59. The van der Waals surface area contributed by atoms with Crippen molar-refractivity contribution >= 4 is 23.2 Å². The van der Waals surface area contributed by atoms with Crippen LogP contribution in [0.3, 0.4) is 0 Å². The van der Waals surface area contributed by atoms with Crippen LogP contribution in [-0.4, -0.2) is 5.91 Å². The van der Waals surface area contributed by atoms with Gasteiger partial charge in [-0.15, -0.1) is 11.6 Å². The Balaban J connectivity index is 2.03. The number of alkyl halides is 1. The number of halogens is 1. The third-order valence-corrected chi connectivity index (χ3v) is 3.61. The van der Waals surface area contributed by atoms with E-state index in [9.17, 15) is 4.79 Å². The summed E-state index contributed by atoms with van der Waals surface area (Å²) in [5.41, 5.74) is 5.26. The maximum Gasteiger partial charge on any atom is 0.228 e. The fourth-order valence-corrected chi connectivity index (χ4v) is 2.20. The molecule has 2 rings (SSSR count). The summed E-state index contributed by atoms with van der Waals surface area (Å²) in [4.78, 5) is 12.0. The van der Waals surface area contributed by atoms with Crippen molar-refractivity contribution in [1.29, 1.82) is 0 Å². The number of hydrogen-bond acceptors (Lipinski definition) is 1. The summed E-state index contributed by atoms with van der Waals surface area (Å²) in [6.07, 6.45) is 0.381. The average molecular weight is 288 g/mol. The summed E-state index contributed by atoms with van der Waals surface area (Å²) in [5.74, 6) is 0.431. The molecule has 1 amide bonds. The Labute approximate surface area is 124 Å². The Morgan fingerprint density at radius 1 is 1.05 bits per heavy atom. The summed E-state index contributed by atoms with van der Waals surface area (Å²) >= 11 is 5.78. The van der Waals surface area contributed by atoms with Crippen LogP contribution >= 0.6 is 11.6 Å². The number of carbonyl (C=O) groups excluding carboxylic acids is 1. The van der Waals surface area contributed by atoms with Crippen LogP contribution in [0.5, 0.6) is 0 Å². The molecule has 2 aromatic carbocycles. The smallest absolute Gasteiger partial charge is 0.228 e. The molecular weight excluding hydrogens is 270 g/mol. The van der Waals surface area contributed by atoms with Crippen molar-refractivity contribution in [3.05, 3.63) is 64.7 Å². The van der Waals surface area contributed by atoms with Gasteiger partial charge in [0.2, 0.25) is 5.91 Å². The largest absolute Gasteiger partial charge is 0.326 e. The first-order valence-corrected chi connectivity index (χ1v) is 7.13. The summed E-state index contributed by atoms with van der Waals surface area (Å²) in [5, 5.41) is 2.90. The van der Waals surface area contributed by atoms with Crippen LogP contribution in [0.4, 0.5) is 5.69 Å². The van der Waals surface area contributed by atoms with Crippen molar-refractivity contribution in [2.45, 2.75) is 26.1 Å². The minimum Gasteiger partial charge on any atom is -0.326 e. The molecule has 0 aliphatic heterocycles. The van der Waals surface area contributed by atoms with Gasteiger partial charge in [0.15, 0.2) is 0 Å². The molecule has 2 nitrogen and oxygen atoms in total. The molecule has 0 aliphatic rings. The molecule has 0 saturated heterocycles. The van der Waals surface area contributed by atoms with Gasteiger partial charge in [0.25, 0.3) is 0 Å². The number of rotatable bonds is 4. The fourth-order valence-electron chi connectivity index (χ4n) is 2.04. The summed E-state index contributed by atoms with van der Waals surface area (Å²) < 4.78 is 0. The van der Waals surface area contributed by atoms with Crippen molar-refractivity contribution in [1.82, 2.24) is 0 Å². The Bertz CT molecular complexity index is 622. The van der Waals surface area contributed by atoms with Crippen LogP contribution < -0.4 is 5.32 Å². The molecule has 0 saturated carbocycles. The summed E-state index contributed by atoms with van der Waals surface area (Å²) in [6.45, 7) is 4.12. The number of nitrogens with one attached hydrogen (secondary N) is 1. The van der Waals surface area contributed by atoms with E-state index in [1.807, 2.05) is 36.4 Å². The fraction of sp³-hybridized carbons (Fsp3) is 0.235. The number of anilines is 1. The molecule has 0 heterocycles. The molecule has 0 aromatic heterocycles. The predicted molar refractivity (Wildman–Crippen MR) is 84.2 cm³/mol. The maximum absolute atomic E-state index is 12.0. The van der Waals surface area contributed by atoms with E-state index in [2.05, 4.69) is 25.2 Å². The highest BCUT2D eigenvalue weighted by molar-refractivity contribution is 6.17. The van der Waals surface area contributed by atoms with Gasteiger partial charge in [0.05, 0.1) is 6.42 Å². The molecule has 3 heteroatoms. The van der Waals surface area contributed by atoms with E-state index >= 15 is 0 Å². The predicted octanol–water partition coefficient (Wildman–Crippen LogP) is 4.22. The molecule has 20 heavy (non-hydrogen) atoms. The third-order valence-electron chi connectivity index (χ3n) is 3.30. The van der Waals surface area contributed by atoms with Gasteiger partial charge < -0.3 is 5.32 Å². The van der Waals surface area contributed by atoms with E-state index in [-0.39, 0.29) is 5.91 Å². The van der Waals surface area contributed by atoms with E-state index in [1.165, 1.54) is 11.1 Å². The first-order chi connectivity index (χ1) is 9.58. The minimum absolute atomic E-state index is 0.0139. The van der Waals surface area contributed by atoms with Gasteiger partial charge in [-0.3, -0.25) is 4.79 Å². The Morgan fingerprint density at radius 3 is 2.55 bits per heavy atom. The zero-order valence-corrected chi connectivity index (χ0v) is 12.5. The molecule has 0 spiro atoms. The van der Waals surface area contributed by atoms with Crippen molar-refractivity contribution in [3.63, 3.8) is 0 Å². The highest BCUT2D eigenvalue weighted by Gasteiger charge is 2.05. The molecule has 0 aliphatic carbocycles. The Kier molecular flexibility index (Phi) is 4.80. The van der Waals surface area contributed by atoms with Crippen LogP contribution in [-0.2, 0) is 17.1 Å². The number of amides is 1. The first kappa shape index (κ1) is 14.6.